The van der Waals surface area contributed by atoms with E-state index in [0.29, 0.717) is 0 Å². The first-order valence-electron chi connectivity index (χ1n) is 6.24. The summed E-state index contributed by atoms with van der Waals surface area (Å²) in [6, 6.07) is 8.13. The highest BCUT2D eigenvalue weighted by Gasteiger charge is 2.22. The maximum absolute atomic E-state index is 9.48. The Labute approximate surface area is 103 Å². The zero-order valence-electron chi connectivity index (χ0n) is 10.8. The molecule has 17 heavy (non-hydrogen) atoms. The number of aliphatic hydroxyl groups is 1. The molecule has 1 fully saturated rings. The predicted molar refractivity (Wildman–Crippen MR) is 69.3 cm³/mol. The predicted octanol–water partition coefficient (Wildman–Crippen LogP) is 2.35. The molecule has 0 radical (unpaired) electrons. The van der Waals surface area contributed by atoms with E-state index in [4.69, 9.17) is 4.74 Å². The molecule has 1 aliphatic rings. The number of hydrogen-bond donors (Lipinski definition) is 1. The molecule has 1 aromatic carbocycles. The fourth-order valence-electron chi connectivity index (χ4n) is 2.35. The van der Waals surface area contributed by atoms with Gasteiger partial charge in [0.1, 0.15) is 0 Å². The minimum absolute atomic E-state index is 0.273. The number of nitrogens with zero attached hydrogens (tertiary/aromatic N) is 1. The average molecular weight is 235 g/mol. The molecule has 1 aromatic rings. The lowest BCUT2D eigenvalue weighted by Crippen LogP contribution is -2.45. The minimum atomic E-state index is -0.397. The summed E-state index contributed by atoms with van der Waals surface area (Å²) in [6.45, 7) is 7.85. The maximum atomic E-state index is 9.48. The summed E-state index contributed by atoms with van der Waals surface area (Å²) >= 11 is 0. The van der Waals surface area contributed by atoms with E-state index < -0.39 is 6.10 Å². The van der Waals surface area contributed by atoms with E-state index in [1.807, 2.05) is 12.1 Å². The average Bonchev–Trinajstić information content (AvgIpc) is 2.28. The second kappa shape index (κ2) is 5.07. The van der Waals surface area contributed by atoms with Gasteiger partial charge in [-0.25, -0.2) is 0 Å². The van der Waals surface area contributed by atoms with Crippen molar-refractivity contribution in [1.29, 1.82) is 0 Å². The van der Waals surface area contributed by atoms with Crippen LogP contribution in [0.25, 0.3) is 0 Å². The third kappa shape index (κ3) is 2.99. The van der Waals surface area contributed by atoms with Gasteiger partial charge in [0.05, 0.1) is 18.3 Å². The first kappa shape index (κ1) is 12.4. The van der Waals surface area contributed by atoms with E-state index in [1.54, 1.807) is 6.92 Å². The summed E-state index contributed by atoms with van der Waals surface area (Å²) in [4.78, 5) is 2.34. The van der Waals surface area contributed by atoms with Crippen LogP contribution < -0.4 is 4.90 Å². The van der Waals surface area contributed by atoms with Crippen LogP contribution in [0.2, 0.25) is 0 Å². The Bertz CT molecular complexity index is 351. The van der Waals surface area contributed by atoms with Gasteiger partial charge < -0.3 is 14.7 Å². The van der Waals surface area contributed by atoms with Crippen LogP contribution >= 0.6 is 0 Å². The molecule has 94 valence electrons. The molecule has 3 nitrogen and oxygen atoms in total. The highest BCUT2D eigenvalue weighted by molar-refractivity contribution is 5.48. The summed E-state index contributed by atoms with van der Waals surface area (Å²) in [5.41, 5.74) is 2.17. The van der Waals surface area contributed by atoms with Crippen molar-refractivity contribution in [2.45, 2.75) is 39.1 Å². The van der Waals surface area contributed by atoms with Crippen LogP contribution in [0.5, 0.6) is 0 Å². The minimum Gasteiger partial charge on any atom is -0.389 e. The number of anilines is 1. The topological polar surface area (TPSA) is 32.7 Å². The van der Waals surface area contributed by atoms with Crippen LogP contribution in [0.4, 0.5) is 5.69 Å². The van der Waals surface area contributed by atoms with Gasteiger partial charge in [0.2, 0.25) is 0 Å². The molecule has 1 N–H and O–H groups in total. The molecule has 0 spiro atoms. The molecule has 1 aliphatic heterocycles. The Morgan fingerprint density at radius 2 is 1.71 bits per heavy atom. The Hall–Kier alpha value is -1.06. The Morgan fingerprint density at radius 1 is 1.18 bits per heavy atom. The van der Waals surface area contributed by atoms with Crippen molar-refractivity contribution in [2.75, 3.05) is 18.0 Å². The van der Waals surface area contributed by atoms with Crippen molar-refractivity contribution in [3.63, 3.8) is 0 Å². The number of aliphatic hydroxyl groups excluding tert-OH is 1. The van der Waals surface area contributed by atoms with Crippen LogP contribution in [-0.4, -0.2) is 30.4 Å². The Balaban J connectivity index is 2.11. The van der Waals surface area contributed by atoms with E-state index in [1.165, 1.54) is 5.69 Å². The van der Waals surface area contributed by atoms with E-state index in [9.17, 15) is 5.11 Å². The van der Waals surface area contributed by atoms with Gasteiger partial charge in [0, 0.05) is 18.8 Å². The van der Waals surface area contributed by atoms with Crippen LogP contribution in [0.15, 0.2) is 24.3 Å². The second-order valence-electron chi connectivity index (χ2n) is 4.93. The van der Waals surface area contributed by atoms with E-state index in [-0.39, 0.29) is 12.2 Å². The molecular weight excluding hydrogens is 214 g/mol. The number of hydrogen-bond acceptors (Lipinski definition) is 3. The molecule has 0 bridgehead atoms. The summed E-state index contributed by atoms with van der Waals surface area (Å²) in [5.74, 6) is 0. The monoisotopic (exact) mass is 235 g/mol. The summed E-state index contributed by atoms with van der Waals surface area (Å²) in [7, 11) is 0. The van der Waals surface area contributed by atoms with Crippen LogP contribution in [0.3, 0.4) is 0 Å². The second-order valence-corrected chi connectivity index (χ2v) is 4.93. The van der Waals surface area contributed by atoms with Gasteiger partial charge in [-0.05, 0) is 38.5 Å². The Kier molecular flexibility index (Phi) is 3.69. The lowest BCUT2D eigenvalue weighted by Gasteiger charge is -2.37. The normalized spacial score (nSPS) is 26.9. The van der Waals surface area contributed by atoms with Gasteiger partial charge in [-0.2, -0.15) is 0 Å². The fourth-order valence-corrected chi connectivity index (χ4v) is 2.35. The van der Waals surface area contributed by atoms with Gasteiger partial charge in [0.25, 0.3) is 0 Å². The molecule has 3 heteroatoms. The zero-order valence-corrected chi connectivity index (χ0v) is 10.8. The molecule has 0 aliphatic carbocycles. The summed E-state index contributed by atoms with van der Waals surface area (Å²) < 4.78 is 5.72. The van der Waals surface area contributed by atoms with Crippen molar-refractivity contribution in [3.8, 4) is 0 Å². The van der Waals surface area contributed by atoms with Crippen LogP contribution in [-0.2, 0) is 4.74 Å². The molecule has 1 saturated heterocycles. The van der Waals surface area contributed by atoms with Gasteiger partial charge in [-0.1, -0.05) is 12.1 Å². The van der Waals surface area contributed by atoms with Gasteiger partial charge in [-0.3, -0.25) is 0 Å². The van der Waals surface area contributed by atoms with E-state index in [0.717, 1.165) is 18.7 Å². The van der Waals surface area contributed by atoms with Gasteiger partial charge in [-0.15, -0.1) is 0 Å². The fraction of sp³-hybridized carbons (Fsp3) is 0.571. The lowest BCUT2D eigenvalue weighted by molar-refractivity contribution is -0.00522. The zero-order chi connectivity index (χ0) is 12.4. The van der Waals surface area contributed by atoms with Crippen LogP contribution in [0.1, 0.15) is 32.4 Å². The number of benzene rings is 1. The summed E-state index contributed by atoms with van der Waals surface area (Å²) in [6.07, 6.45) is 0.150. The third-order valence-corrected chi connectivity index (χ3v) is 3.16. The quantitative estimate of drug-likeness (QED) is 0.854. The molecule has 3 atom stereocenters. The van der Waals surface area contributed by atoms with Crippen molar-refractivity contribution in [2.24, 2.45) is 0 Å². The smallest absolute Gasteiger partial charge is 0.0761 e. The van der Waals surface area contributed by atoms with Crippen molar-refractivity contribution in [1.82, 2.24) is 0 Å². The highest BCUT2D eigenvalue weighted by atomic mass is 16.5. The molecule has 2 rings (SSSR count). The molecule has 0 unspecified atom stereocenters. The van der Waals surface area contributed by atoms with E-state index >= 15 is 0 Å². The first-order valence-corrected chi connectivity index (χ1v) is 6.24. The largest absolute Gasteiger partial charge is 0.389 e. The molecule has 0 aromatic heterocycles. The molecule has 0 amide bonds. The molecule has 0 saturated carbocycles. The van der Waals surface area contributed by atoms with Crippen molar-refractivity contribution >= 4 is 5.69 Å². The number of rotatable bonds is 2. The Morgan fingerprint density at radius 3 is 2.18 bits per heavy atom. The third-order valence-electron chi connectivity index (χ3n) is 3.16. The standard InChI is InChI=1S/C14H21NO2/c1-10-8-15(9-11(2)17-10)14-6-4-13(5-7-14)12(3)16/h4-7,10-12,16H,8-9H2,1-3H3/t10-,11+,12-/m1/s1. The highest BCUT2D eigenvalue weighted by Crippen LogP contribution is 2.22. The first-order chi connectivity index (χ1) is 8.06. The lowest BCUT2D eigenvalue weighted by atomic mass is 10.1. The number of morpholine rings is 1. The maximum Gasteiger partial charge on any atom is 0.0761 e. The van der Waals surface area contributed by atoms with Crippen LogP contribution in [0, 0.1) is 0 Å². The van der Waals surface area contributed by atoms with Gasteiger partial charge in [0.15, 0.2) is 0 Å². The number of ether oxygens (including phenoxy) is 1. The van der Waals surface area contributed by atoms with Crippen molar-refractivity contribution < 1.29 is 9.84 Å². The summed E-state index contributed by atoms with van der Waals surface area (Å²) in [5, 5.41) is 9.48. The van der Waals surface area contributed by atoms with E-state index in [2.05, 4.69) is 30.9 Å². The van der Waals surface area contributed by atoms with Crippen molar-refractivity contribution in [3.05, 3.63) is 29.8 Å². The SMILES string of the molecule is C[C@@H]1CN(c2ccc([C@@H](C)O)cc2)C[C@H](C)O1. The molecule has 1 heterocycles. The van der Waals surface area contributed by atoms with Gasteiger partial charge >= 0.3 is 0 Å². The molecular formula is C14H21NO2.